The topological polar surface area (TPSA) is 133 Å². The lowest BCUT2D eigenvalue weighted by atomic mass is 9.91. The number of nitrogens with zero attached hydrogens (tertiary/aromatic N) is 2. The molecule has 2 heterocycles. The Hall–Kier alpha value is -3.27. The molecule has 0 bridgehead atoms. The molecule has 0 saturated carbocycles. The largest absolute Gasteiger partial charge is 0.478 e. The third kappa shape index (κ3) is 11.9. The van der Waals surface area contributed by atoms with Crippen LogP contribution < -0.4 is 5.32 Å². The minimum absolute atomic E-state index is 0.180. The Morgan fingerprint density at radius 3 is 2.32 bits per heavy atom. The maximum absolute atomic E-state index is 13.3. The smallest absolute Gasteiger partial charge is 0.328 e. The number of aliphatic carboxylic acids is 2. The number of piperidine rings is 1. The molecule has 0 radical (unpaired) electrons. The Bertz CT molecular complexity index is 1030. The highest BCUT2D eigenvalue weighted by Gasteiger charge is 2.25. The number of halogens is 1. The van der Waals surface area contributed by atoms with E-state index >= 15 is 0 Å². The first-order valence-corrected chi connectivity index (χ1v) is 13.5. The maximum Gasteiger partial charge on any atom is 0.328 e. The number of carboxylic acids is 2. The molecule has 38 heavy (non-hydrogen) atoms. The number of aromatic nitrogens is 1. The Kier molecular flexibility index (Phi) is 14.1. The number of hydrogen-bond acceptors (Lipinski definition) is 6. The number of unbranched alkanes of at least 4 members (excludes halogenated alkanes) is 6. The molecule has 1 aliphatic rings. The van der Waals surface area contributed by atoms with E-state index in [1.54, 1.807) is 6.07 Å². The number of amides is 1. The lowest BCUT2D eigenvalue weighted by Crippen LogP contribution is -2.39. The highest BCUT2D eigenvalue weighted by molar-refractivity contribution is 5.89. The van der Waals surface area contributed by atoms with E-state index in [1.165, 1.54) is 44.2 Å². The number of carboxylic acid groups (broad SMARTS) is 2. The van der Waals surface area contributed by atoms with Gasteiger partial charge in [-0.25, -0.2) is 14.0 Å². The minimum atomic E-state index is -1.26. The Labute approximate surface area is 223 Å². The molecule has 3 rings (SSSR count). The van der Waals surface area contributed by atoms with E-state index in [0.29, 0.717) is 36.6 Å². The van der Waals surface area contributed by atoms with Crippen LogP contribution in [0.5, 0.6) is 0 Å². The summed E-state index contributed by atoms with van der Waals surface area (Å²) >= 11 is 0. The van der Waals surface area contributed by atoms with Gasteiger partial charge in [0.15, 0.2) is 5.58 Å². The normalized spacial score (nSPS) is 14.4. The molecule has 0 spiro atoms. The molecular weight excluding hydrogens is 493 g/mol. The van der Waals surface area contributed by atoms with Crippen LogP contribution in [0.25, 0.3) is 11.0 Å². The van der Waals surface area contributed by atoms with Gasteiger partial charge < -0.3 is 25.0 Å². The van der Waals surface area contributed by atoms with Gasteiger partial charge in [0, 0.05) is 49.0 Å². The first-order chi connectivity index (χ1) is 18.3. The van der Waals surface area contributed by atoms with Crippen LogP contribution in [0.2, 0.25) is 0 Å². The summed E-state index contributed by atoms with van der Waals surface area (Å²) in [6.07, 6.45) is 12.4. The second-order valence-electron chi connectivity index (χ2n) is 9.56. The fraction of sp³-hybridized carbons (Fsp3) is 0.571. The third-order valence-electron chi connectivity index (χ3n) is 6.56. The third-order valence-corrected chi connectivity index (χ3v) is 6.56. The molecule has 9 nitrogen and oxygen atoms in total. The van der Waals surface area contributed by atoms with Crippen LogP contribution in [-0.2, 0) is 14.4 Å². The van der Waals surface area contributed by atoms with Gasteiger partial charge >= 0.3 is 11.9 Å². The van der Waals surface area contributed by atoms with Crippen LogP contribution in [0, 0.1) is 5.82 Å². The van der Waals surface area contributed by atoms with E-state index in [2.05, 4.69) is 22.3 Å². The van der Waals surface area contributed by atoms with Gasteiger partial charge in [0.05, 0.1) is 5.69 Å². The number of nitrogens with one attached hydrogen (secondary N) is 1. The van der Waals surface area contributed by atoms with Gasteiger partial charge in [0.25, 0.3) is 0 Å². The SMILES string of the molecule is CCCCCCCCCC(=O)NCCN1CCC(c2noc3cc(F)ccc23)CC1.O=C(O)C=CC(=O)O. The second kappa shape index (κ2) is 17.3. The number of carbonyl (C=O) groups excluding carboxylic acids is 1. The van der Waals surface area contributed by atoms with E-state index in [0.717, 1.165) is 56.4 Å². The van der Waals surface area contributed by atoms with Gasteiger partial charge in [0.2, 0.25) is 5.91 Å². The fourth-order valence-corrected chi connectivity index (χ4v) is 4.48. The molecule has 1 aliphatic heterocycles. The van der Waals surface area contributed by atoms with E-state index in [-0.39, 0.29) is 11.7 Å². The molecule has 0 unspecified atom stereocenters. The molecular formula is C28H40FN3O6. The predicted molar refractivity (Wildman–Crippen MR) is 142 cm³/mol. The van der Waals surface area contributed by atoms with Crippen molar-refractivity contribution in [3.8, 4) is 0 Å². The lowest BCUT2D eigenvalue weighted by Gasteiger charge is -2.31. The molecule has 1 fully saturated rings. The molecule has 1 aromatic carbocycles. The maximum atomic E-state index is 13.3. The summed E-state index contributed by atoms with van der Waals surface area (Å²) in [6, 6.07) is 4.63. The summed E-state index contributed by atoms with van der Waals surface area (Å²) in [6.45, 7) is 5.79. The molecule has 2 aromatic rings. The standard InChI is InChI=1S/C24H36FN3O2.C4H4O4/c1-2-3-4-5-6-7-8-9-23(29)26-14-17-28-15-12-19(13-16-28)24-21-11-10-20(25)18-22(21)30-27-24;5-3(6)1-2-4(7)8/h10-11,18-19H,2-9,12-17H2,1H3,(H,26,29);1-2H,(H,5,6)(H,7,8). The Balaban J connectivity index is 0.000000550. The summed E-state index contributed by atoms with van der Waals surface area (Å²) < 4.78 is 18.6. The van der Waals surface area contributed by atoms with Gasteiger partial charge in [-0.2, -0.15) is 0 Å². The zero-order chi connectivity index (χ0) is 27.8. The van der Waals surface area contributed by atoms with E-state index < -0.39 is 11.9 Å². The van der Waals surface area contributed by atoms with Gasteiger partial charge in [-0.05, 0) is 44.5 Å². The van der Waals surface area contributed by atoms with Gasteiger partial charge in [-0.1, -0.05) is 50.6 Å². The van der Waals surface area contributed by atoms with Crippen molar-refractivity contribution >= 4 is 28.8 Å². The van der Waals surface area contributed by atoms with Crippen molar-refractivity contribution in [2.75, 3.05) is 26.2 Å². The summed E-state index contributed by atoms with van der Waals surface area (Å²) in [5.41, 5.74) is 1.48. The van der Waals surface area contributed by atoms with E-state index in [9.17, 15) is 18.8 Å². The van der Waals surface area contributed by atoms with Gasteiger partial charge in [-0.15, -0.1) is 0 Å². The van der Waals surface area contributed by atoms with Crippen molar-refractivity contribution in [2.24, 2.45) is 0 Å². The molecule has 1 aromatic heterocycles. The molecule has 0 atom stereocenters. The average Bonchev–Trinajstić information content (AvgIpc) is 3.31. The predicted octanol–water partition coefficient (Wildman–Crippen LogP) is 5.12. The van der Waals surface area contributed by atoms with Crippen molar-refractivity contribution in [1.29, 1.82) is 0 Å². The Morgan fingerprint density at radius 2 is 1.68 bits per heavy atom. The first kappa shape index (κ1) is 31.0. The molecule has 3 N–H and O–H groups in total. The quantitative estimate of drug-likeness (QED) is 0.225. The van der Waals surface area contributed by atoms with Crippen LogP contribution in [0.1, 0.15) is 82.7 Å². The number of fused-ring (bicyclic) bond motifs is 1. The summed E-state index contributed by atoms with van der Waals surface area (Å²) in [5.74, 6) is -2.28. The number of benzene rings is 1. The molecule has 10 heteroatoms. The van der Waals surface area contributed by atoms with Crippen molar-refractivity contribution in [3.63, 3.8) is 0 Å². The summed E-state index contributed by atoms with van der Waals surface area (Å²) in [5, 5.41) is 23.8. The second-order valence-corrected chi connectivity index (χ2v) is 9.56. The number of rotatable bonds is 14. The van der Waals surface area contributed by atoms with Crippen LogP contribution >= 0.6 is 0 Å². The Morgan fingerprint density at radius 1 is 1.05 bits per heavy atom. The highest BCUT2D eigenvalue weighted by atomic mass is 19.1. The summed E-state index contributed by atoms with van der Waals surface area (Å²) in [4.78, 5) is 33.5. The zero-order valence-corrected chi connectivity index (χ0v) is 22.2. The zero-order valence-electron chi connectivity index (χ0n) is 22.2. The van der Waals surface area contributed by atoms with Crippen molar-refractivity contribution in [3.05, 3.63) is 41.9 Å². The first-order valence-electron chi connectivity index (χ1n) is 13.5. The van der Waals surface area contributed by atoms with Gasteiger partial charge in [0.1, 0.15) is 5.82 Å². The van der Waals surface area contributed by atoms with Crippen LogP contribution in [0.15, 0.2) is 34.9 Å². The van der Waals surface area contributed by atoms with Crippen LogP contribution in [-0.4, -0.2) is 64.3 Å². The van der Waals surface area contributed by atoms with E-state index in [4.69, 9.17) is 14.7 Å². The van der Waals surface area contributed by atoms with E-state index in [1.807, 2.05) is 0 Å². The monoisotopic (exact) mass is 533 g/mol. The molecule has 0 aliphatic carbocycles. The van der Waals surface area contributed by atoms with Crippen molar-refractivity contribution in [2.45, 2.75) is 77.0 Å². The molecule has 1 amide bonds. The van der Waals surface area contributed by atoms with Crippen LogP contribution in [0.3, 0.4) is 0 Å². The minimum Gasteiger partial charge on any atom is -0.478 e. The highest BCUT2D eigenvalue weighted by Crippen LogP contribution is 2.32. The summed E-state index contributed by atoms with van der Waals surface area (Å²) in [7, 11) is 0. The van der Waals surface area contributed by atoms with Crippen molar-refractivity contribution < 1.29 is 33.5 Å². The average molecular weight is 534 g/mol. The molecule has 1 saturated heterocycles. The molecule has 210 valence electrons. The van der Waals surface area contributed by atoms with Gasteiger partial charge in [-0.3, -0.25) is 4.79 Å². The van der Waals surface area contributed by atoms with Crippen LogP contribution in [0.4, 0.5) is 4.39 Å². The number of hydrogen-bond donors (Lipinski definition) is 3. The fourth-order valence-electron chi connectivity index (χ4n) is 4.48. The lowest BCUT2D eigenvalue weighted by molar-refractivity contribution is -0.134. The number of carbonyl (C=O) groups is 3. The van der Waals surface area contributed by atoms with Crippen molar-refractivity contribution in [1.82, 2.24) is 15.4 Å². The number of likely N-dealkylation sites (tertiary alicyclic amines) is 1.